The molecule has 1 heterocycles. The van der Waals surface area contributed by atoms with Crippen molar-refractivity contribution in [2.24, 2.45) is 4.99 Å². The molecule has 1 aromatic rings. The predicted molar refractivity (Wildman–Crippen MR) is 119 cm³/mol. The van der Waals surface area contributed by atoms with E-state index in [4.69, 9.17) is 4.74 Å². The molecule has 0 radical (unpaired) electrons. The molecule has 0 spiro atoms. The van der Waals surface area contributed by atoms with Gasteiger partial charge in [0.1, 0.15) is 0 Å². The van der Waals surface area contributed by atoms with Crippen molar-refractivity contribution in [2.45, 2.75) is 51.6 Å². The molecule has 27 heavy (non-hydrogen) atoms. The molecule has 1 amide bonds. The number of halogens is 1. The molecule has 1 saturated heterocycles. The van der Waals surface area contributed by atoms with Gasteiger partial charge < -0.3 is 20.3 Å². The molecule has 0 atom stereocenters. The normalized spacial score (nSPS) is 17.1. The van der Waals surface area contributed by atoms with E-state index >= 15 is 0 Å². The van der Waals surface area contributed by atoms with Crippen LogP contribution in [0.3, 0.4) is 0 Å². The Morgan fingerprint density at radius 3 is 2.70 bits per heavy atom. The highest BCUT2D eigenvalue weighted by Gasteiger charge is 2.24. The van der Waals surface area contributed by atoms with Crippen LogP contribution in [0.2, 0.25) is 0 Å². The smallest absolute Gasteiger partial charge is 0.409 e. The second-order valence-corrected chi connectivity index (χ2v) is 6.99. The first kappa shape index (κ1) is 21.8. The number of aliphatic imine (C=N–C) groups is 1. The first-order valence-corrected chi connectivity index (χ1v) is 9.69. The molecule has 0 bridgehead atoms. The monoisotopic (exact) mass is 486 g/mol. The Balaban J connectivity index is 0.00000261. The van der Waals surface area contributed by atoms with E-state index in [0.717, 1.165) is 38.4 Å². The van der Waals surface area contributed by atoms with Gasteiger partial charge in [-0.2, -0.15) is 0 Å². The summed E-state index contributed by atoms with van der Waals surface area (Å²) in [4.78, 5) is 17.9. The van der Waals surface area contributed by atoms with Crippen molar-refractivity contribution in [2.75, 3.05) is 26.7 Å². The average molecular weight is 486 g/mol. The van der Waals surface area contributed by atoms with Crippen LogP contribution >= 0.6 is 24.0 Å². The van der Waals surface area contributed by atoms with Crippen molar-refractivity contribution in [1.82, 2.24) is 15.5 Å². The summed E-state index contributed by atoms with van der Waals surface area (Å²) in [6.07, 6.45) is 5.30. The number of guanidine groups is 1. The molecule has 3 rings (SSSR count). The van der Waals surface area contributed by atoms with Gasteiger partial charge in [-0.15, -0.1) is 24.0 Å². The van der Waals surface area contributed by atoms with E-state index in [1.54, 1.807) is 11.9 Å². The first-order chi connectivity index (χ1) is 12.7. The second-order valence-electron chi connectivity index (χ2n) is 6.99. The number of fused-ring (bicyclic) bond motifs is 1. The molecule has 2 aliphatic rings. The van der Waals surface area contributed by atoms with Crippen LogP contribution in [0.5, 0.6) is 0 Å². The quantitative estimate of drug-likeness (QED) is 0.390. The van der Waals surface area contributed by atoms with Gasteiger partial charge in [0.05, 0.1) is 6.61 Å². The number of nitrogens with zero attached hydrogens (tertiary/aromatic N) is 2. The molecule has 2 N–H and O–H groups in total. The Morgan fingerprint density at radius 2 is 2.00 bits per heavy atom. The lowest BCUT2D eigenvalue weighted by molar-refractivity contribution is 0.0963. The van der Waals surface area contributed by atoms with Crippen molar-refractivity contribution >= 4 is 36.0 Å². The third kappa shape index (κ3) is 5.99. The SMILES string of the molecule is CCOC(=O)N1CCC(NC(=NC)NCc2ccc3c(c2)CCC3)CC1.I. The molecule has 1 aliphatic heterocycles. The number of amides is 1. The van der Waals surface area contributed by atoms with E-state index in [1.165, 1.54) is 36.0 Å². The van der Waals surface area contributed by atoms with Gasteiger partial charge in [0.2, 0.25) is 0 Å². The number of carbonyl (C=O) groups excluding carboxylic acids is 1. The number of carbonyl (C=O) groups is 1. The number of ether oxygens (including phenoxy) is 1. The first-order valence-electron chi connectivity index (χ1n) is 9.69. The third-order valence-corrected chi connectivity index (χ3v) is 5.21. The third-order valence-electron chi connectivity index (χ3n) is 5.21. The van der Waals surface area contributed by atoms with Gasteiger partial charge in [-0.05, 0) is 55.7 Å². The number of aryl methyl sites for hydroxylation is 2. The topological polar surface area (TPSA) is 66.0 Å². The molecule has 150 valence electrons. The molecule has 1 aliphatic carbocycles. The highest BCUT2D eigenvalue weighted by molar-refractivity contribution is 14.0. The Morgan fingerprint density at radius 1 is 1.26 bits per heavy atom. The van der Waals surface area contributed by atoms with Crippen LogP contribution < -0.4 is 10.6 Å². The van der Waals surface area contributed by atoms with E-state index in [9.17, 15) is 4.79 Å². The molecule has 1 aromatic carbocycles. The second kappa shape index (κ2) is 10.7. The fourth-order valence-electron chi connectivity index (χ4n) is 3.73. The Hall–Kier alpha value is -1.51. The lowest BCUT2D eigenvalue weighted by Gasteiger charge is -2.32. The number of benzene rings is 1. The van der Waals surface area contributed by atoms with E-state index < -0.39 is 0 Å². The summed E-state index contributed by atoms with van der Waals surface area (Å²) in [6, 6.07) is 7.12. The summed E-state index contributed by atoms with van der Waals surface area (Å²) in [5.74, 6) is 0.820. The van der Waals surface area contributed by atoms with Gasteiger partial charge in [0.15, 0.2) is 5.96 Å². The summed E-state index contributed by atoms with van der Waals surface area (Å²) >= 11 is 0. The summed E-state index contributed by atoms with van der Waals surface area (Å²) in [5.41, 5.74) is 4.30. The summed E-state index contributed by atoms with van der Waals surface area (Å²) < 4.78 is 5.07. The van der Waals surface area contributed by atoms with Crippen molar-refractivity contribution in [3.05, 3.63) is 34.9 Å². The molecular weight excluding hydrogens is 455 g/mol. The summed E-state index contributed by atoms with van der Waals surface area (Å²) in [7, 11) is 1.80. The highest BCUT2D eigenvalue weighted by Crippen LogP contribution is 2.22. The minimum atomic E-state index is -0.204. The van der Waals surface area contributed by atoms with E-state index in [0.29, 0.717) is 12.6 Å². The minimum Gasteiger partial charge on any atom is -0.450 e. The van der Waals surface area contributed by atoms with Crippen molar-refractivity contribution in [3.63, 3.8) is 0 Å². The van der Waals surface area contributed by atoms with Crippen LogP contribution in [0.1, 0.15) is 42.9 Å². The zero-order chi connectivity index (χ0) is 18.4. The van der Waals surface area contributed by atoms with E-state index in [2.05, 4.69) is 33.8 Å². The van der Waals surface area contributed by atoms with E-state index in [1.807, 2.05) is 6.92 Å². The van der Waals surface area contributed by atoms with Crippen molar-refractivity contribution in [1.29, 1.82) is 0 Å². The molecule has 0 unspecified atom stereocenters. The van der Waals surface area contributed by atoms with Crippen LogP contribution in [0.25, 0.3) is 0 Å². The number of hydrogen-bond donors (Lipinski definition) is 2. The molecule has 6 nitrogen and oxygen atoms in total. The number of likely N-dealkylation sites (tertiary alicyclic amines) is 1. The van der Waals surface area contributed by atoms with Gasteiger partial charge >= 0.3 is 6.09 Å². The van der Waals surface area contributed by atoms with Gasteiger partial charge in [-0.25, -0.2) is 4.79 Å². The lowest BCUT2D eigenvalue weighted by Crippen LogP contribution is -2.49. The fourth-order valence-corrected chi connectivity index (χ4v) is 3.73. The van der Waals surface area contributed by atoms with Crippen LogP contribution in [0.15, 0.2) is 23.2 Å². The van der Waals surface area contributed by atoms with Crippen LogP contribution in [-0.2, 0) is 24.1 Å². The molecular formula is C20H31IN4O2. The molecule has 0 saturated carbocycles. The predicted octanol–water partition coefficient (Wildman–Crippen LogP) is 3.08. The van der Waals surface area contributed by atoms with Gasteiger partial charge in [-0.3, -0.25) is 4.99 Å². The highest BCUT2D eigenvalue weighted by atomic mass is 127. The van der Waals surface area contributed by atoms with Crippen molar-refractivity contribution < 1.29 is 9.53 Å². The minimum absolute atomic E-state index is 0. The summed E-state index contributed by atoms with van der Waals surface area (Å²) in [6.45, 7) is 4.48. The Labute approximate surface area is 179 Å². The Bertz CT molecular complexity index is 657. The van der Waals surface area contributed by atoms with Crippen LogP contribution in [0, 0.1) is 0 Å². The molecule has 7 heteroatoms. The van der Waals surface area contributed by atoms with E-state index in [-0.39, 0.29) is 30.1 Å². The maximum atomic E-state index is 11.8. The maximum Gasteiger partial charge on any atom is 0.409 e. The van der Waals surface area contributed by atoms with Gasteiger partial charge in [-0.1, -0.05) is 18.2 Å². The zero-order valence-corrected chi connectivity index (χ0v) is 18.6. The Kier molecular flexibility index (Phi) is 8.66. The number of nitrogens with one attached hydrogen (secondary N) is 2. The van der Waals surface area contributed by atoms with Crippen LogP contribution in [-0.4, -0.2) is 49.7 Å². The number of hydrogen-bond acceptors (Lipinski definition) is 3. The zero-order valence-electron chi connectivity index (χ0n) is 16.3. The number of piperidine rings is 1. The number of rotatable bonds is 4. The lowest BCUT2D eigenvalue weighted by atomic mass is 10.1. The van der Waals surface area contributed by atoms with Gasteiger partial charge in [0, 0.05) is 32.7 Å². The maximum absolute atomic E-state index is 11.8. The summed E-state index contributed by atoms with van der Waals surface area (Å²) in [5, 5.41) is 6.89. The standard InChI is InChI=1S/C20H30N4O2.HI/c1-3-26-20(25)24-11-9-18(10-12-24)23-19(21-2)22-14-15-7-8-16-5-4-6-17(16)13-15;/h7-8,13,18H,3-6,9-12,14H2,1-2H3,(H2,21,22,23);1H. The largest absolute Gasteiger partial charge is 0.450 e. The average Bonchev–Trinajstić information content (AvgIpc) is 3.13. The fraction of sp³-hybridized carbons (Fsp3) is 0.600. The molecule has 0 aromatic heterocycles. The van der Waals surface area contributed by atoms with Crippen LogP contribution in [0.4, 0.5) is 4.79 Å². The molecule has 1 fully saturated rings. The van der Waals surface area contributed by atoms with Crippen molar-refractivity contribution in [3.8, 4) is 0 Å². The van der Waals surface area contributed by atoms with Gasteiger partial charge in [0.25, 0.3) is 0 Å².